The van der Waals surface area contributed by atoms with Gasteiger partial charge in [-0.1, -0.05) is 0 Å². The molecule has 0 aliphatic carbocycles. The molecule has 2 heterocycles. The molecule has 0 spiro atoms. The molecule has 6 heteroatoms. The second-order valence-corrected chi connectivity index (χ2v) is 6.39. The predicted molar refractivity (Wildman–Crippen MR) is 78.4 cm³/mol. The highest BCUT2D eigenvalue weighted by molar-refractivity contribution is 7.12. The summed E-state index contributed by atoms with van der Waals surface area (Å²) in [7, 11) is 1.60. The van der Waals surface area contributed by atoms with Crippen LogP contribution < -0.4 is 5.32 Å². The Kier molecular flexibility index (Phi) is 4.91. The molecule has 1 saturated heterocycles. The van der Waals surface area contributed by atoms with E-state index in [1.54, 1.807) is 18.4 Å². The van der Waals surface area contributed by atoms with Crippen LogP contribution in [0.3, 0.4) is 0 Å². The van der Waals surface area contributed by atoms with Crippen LogP contribution in [0.2, 0.25) is 0 Å². The van der Waals surface area contributed by atoms with E-state index < -0.39 is 0 Å². The Balaban J connectivity index is 2.08. The summed E-state index contributed by atoms with van der Waals surface area (Å²) in [5.41, 5.74) is 0.773. The average Bonchev–Trinajstić information content (AvgIpc) is 2.77. The number of hydrogen-bond acceptors (Lipinski definition) is 5. The first-order valence-electron chi connectivity index (χ1n) is 6.66. The van der Waals surface area contributed by atoms with Gasteiger partial charge in [-0.25, -0.2) is 0 Å². The monoisotopic (exact) mass is 296 g/mol. The number of morpholine rings is 1. The minimum Gasteiger partial charge on any atom is -0.378 e. The van der Waals surface area contributed by atoms with Crippen LogP contribution in [-0.2, 0) is 9.53 Å². The fraction of sp³-hybridized carbons (Fsp3) is 0.571. The Labute approximate surface area is 122 Å². The number of nitrogens with one attached hydrogen (secondary N) is 1. The molecule has 0 bridgehead atoms. The summed E-state index contributed by atoms with van der Waals surface area (Å²) in [6.07, 6.45) is 0. The normalized spacial score (nSPS) is 19.9. The van der Waals surface area contributed by atoms with E-state index in [1.807, 2.05) is 24.8 Å². The number of likely N-dealkylation sites (N-methyl/N-ethyl adjacent to an activating group) is 1. The molecular weight excluding hydrogens is 276 g/mol. The van der Waals surface area contributed by atoms with Gasteiger partial charge in [0.2, 0.25) is 5.91 Å². The maximum Gasteiger partial charge on any atom is 0.239 e. The highest BCUT2D eigenvalue weighted by atomic mass is 32.1. The lowest BCUT2D eigenvalue weighted by atomic mass is 10.1. The van der Waals surface area contributed by atoms with Gasteiger partial charge in [-0.3, -0.25) is 14.5 Å². The summed E-state index contributed by atoms with van der Waals surface area (Å²) < 4.78 is 5.34. The number of rotatable bonds is 4. The van der Waals surface area contributed by atoms with Gasteiger partial charge in [0.05, 0.1) is 19.8 Å². The van der Waals surface area contributed by atoms with Crippen molar-refractivity contribution in [3.8, 4) is 0 Å². The summed E-state index contributed by atoms with van der Waals surface area (Å²) >= 11 is 1.63. The third-order valence-electron chi connectivity index (χ3n) is 3.48. The highest BCUT2D eigenvalue weighted by Gasteiger charge is 2.30. The van der Waals surface area contributed by atoms with Crippen molar-refractivity contribution < 1.29 is 14.3 Å². The SMILES string of the molecule is CNC(=O)C1COCCN1CC(=O)c1cc(C)sc1C. The highest BCUT2D eigenvalue weighted by Crippen LogP contribution is 2.21. The molecule has 1 atom stereocenters. The van der Waals surface area contributed by atoms with E-state index in [-0.39, 0.29) is 24.3 Å². The minimum atomic E-state index is -0.377. The zero-order chi connectivity index (χ0) is 14.7. The van der Waals surface area contributed by atoms with Crippen LogP contribution in [0, 0.1) is 13.8 Å². The largest absolute Gasteiger partial charge is 0.378 e. The fourth-order valence-electron chi connectivity index (χ4n) is 2.41. The van der Waals surface area contributed by atoms with Gasteiger partial charge in [-0.05, 0) is 19.9 Å². The van der Waals surface area contributed by atoms with Gasteiger partial charge in [0, 0.05) is 28.9 Å². The van der Waals surface area contributed by atoms with Gasteiger partial charge >= 0.3 is 0 Å². The molecule has 1 N–H and O–H groups in total. The van der Waals surface area contributed by atoms with Gasteiger partial charge in [-0.2, -0.15) is 0 Å². The summed E-state index contributed by atoms with van der Waals surface area (Å²) in [4.78, 5) is 28.3. The van der Waals surface area contributed by atoms with E-state index in [0.29, 0.717) is 19.8 Å². The van der Waals surface area contributed by atoms with E-state index in [2.05, 4.69) is 5.32 Å². The lowest BCUT2D eigenvalue weighted by Gasteiger charge is -2.33. The summed E-state index contributed by atoms with van der Waals surface area (Å²) in [6, 6.07) is 1.55. The number of thiophene rings is 1. The predicted octanol–water partition coefficient (Wildman–Crippen LogP) is 0.994. The Hall–Kier alpha value is -1.24. The Morgan fingerprint density at radius 1 is 1.50 bits per heavy atom. The van der Waals surface area contributed by atoms with Crippen LogP contribution in [0.25, 0.3) is 0 Å². The molecule has 2 rings (SSSR count). The van der Waals surface area contributed by atoms with E-state index >= 15 is 0 Å². The van der Waals surface area contributed by atoms with Crippen LogP contribution in [0.15, 0.2) is 6.07 Å². The Morgan fingerprint density at radius 2 is 2.25 bits per heavy atom. The maximum atomic E-state index is 12.4. The first kappa shape index (κ1) is 15.2. The fourth-order valence-corrected chi connectivity index (χ4v) is 3.36. The molecule has 1 unspecified atom stereocenters. The van der Waals surface area contributed by atoms with Gasteiger partial charge in [0.25, 0.3) is 0 Å². The number of aryl methyl sites for hydroxylation is 2. The molecule has 1 amide bonds. The molecule has 0 aromatic carbocycles. The smallest absolute Gasteiger partial charge is 0.239 e. The second kappa shape index (κ2) is 6.47. The molecule has 1 fully saturated rings. The van der Waals surface area contributed by atoms with E-state index in [1.165, 1.54) is 0 Å². The average molecular weight is 296 g/mol. The summed E-state index contributed by atoms with van der Waals surface area (Å²) in [6.45, 7) is 5.72. The lowest BCUT2D eigenvalue weighted by molar-refractivity contribution is -0.131. The van der Waals surface area contributed by atoms with Gasteiger partial charge in [0.15, 0.2) is 5.78 Å². The standard InChI is InChI=1S/C14H20N2O3S/c1-9-6-11(10(2)20-9)13(17)7-16-4-5-19-8-12(16)14(18)15-3/h6,12H,4-5,7-8H2,1-3H3,(H,15,18). The van der Waals surface area contributed by atoms with Crippen molar-refractivity contribution >= 4 is 23.0 Å². The van der Waals surface area contributed by atoms with Crippen molar-refractivity contribution in [1.29, 1.82) is 0 Å². The van der Waals surface area contributed by atoms with Crippen LogP contribution in [0.4, 0.5) is 0 Å². The summed E-state index contributed by atoms with van der Waals surface area (Å²) in [5, 5.41) is 2.62. The topological polar surface area (TPSA) is 58.6 Å². The molecule has 1 aromatic heterocycles. The first-order valence-corrected chi connectivity index (χ1v) is 7.48. The van der Waals surface area contributed by atoms with Gasteiger partial charge < -0.3 is 10.1 Å². The van der Waals surface area contributed by atoms with Crippen molar-refractivity contribution in [3.05, 3.63) is 21.4 Å². The van der Waals surface area contributed by atoms with E-state index in [4.69, 9.17) is 4.74 Å². The second-order valence-electron chi connectivity index (χ2n) is 4.93. The quantitative estimate of drug-likeness (QED) is 0.842. The van der Waals surface area contributed by atoms with Crippen molar-refractivity contribution in [3.63, 3.8) is 0 Å². The number of hydrogen-bond donors (Lipinski definition) is 1. The molecular formula is C14H20N2O3S. The first-order chi connectivity index (χ1) is 9.52. The van der Waals surface area contributed by atoms with Gasteiger partial charge in [0.1, 0.15) is 6.04 Å². The third kappa shape index (κ3) is 3.26. The lowest BCUT2D eigenvalue weighted by Crippen LogP contribution is -2.54. The maximum absolute atomic E-state index is 12.4. The van der Waals surface area contributed by atoms with Crippen molar-refractivity contribution in [2.24, 2.45) is 0 Å². The molecule has 5 nitrogen and oxygen atoms in total. The zero-order valence-electron chi connectivity index (χ0n) is 12.1. The Bertz CT molecular complexity index is 513. The molecule has 20 heavy (non-hydrogen) atoms. The number of ketones is 1. The summed E-state index contributed by atoms with van der Waals surface area (Å²) in [5.74, 6) is -0.0293. The van der Waals surface area contributed by atoms with Crippen LogP contribution in [0.1, 0.15) is 20.1 Å². The number of ether oxygens (including phenoxy) is 1. The molecule has 1 aliphatic rings. The molecule has 1 aliphatic heterocycles. The number of carbonyl (C=O) groups excluding carboxylic acids is 2. The van der Waals surface area contributed by atoms with Crippen LogP contribution >= 0.6 is 11.3 Å². The zero-order valence-corrected chi connectivity index (χ0v) is 12.9. The number of nitrogens with zero attached hydrogens (tertiary/aromatic N) is 1. The number of carbonyl (C=O) groups is 2. The third-order valence-corrected chi connectivity index (χ3v) is 4.44. The van der Waals surface area contributed by atoms with Crippen molar-refractivity contribution in [2.75, 3.05) is 33.4 Å². The van der Waals surface area contributed by atoms with Gasteiger partial charge in [-0.15, -0.1) is 11.3 Å². The van der Waals surface area contributed by atoms with Crippen LogP contribution in [-0.4, -0.2) is 56.0 Å². The molecule has 0 radical (unpaired) electrons. The van der Waals surface area contributed by atoms with E-state index in [0.717, 1.165) is 15.3 Å². The van der Waals surface area contributed by atoms with Crippen LogP contribution in [0.5, 0.6) is 0 Å². The van der Waals surface area contributed by atoms with Crippen molar-refractivity contribution in [2.45, 2.75) is 19.9 Å². The number of amides is 1. The molecule has 0 saturated carbocycles. The minimum absolute atomic E-state index is 0.0719. The molecule has 110 valence electrons. The Morgan fingerprint density at radius 3 is 2.85 bits per heavy atom. The van der Waals surface area contributed by atoms with Crippen molar-refractivity contribution in [1.82, 2.24) is 10.2 Å². The molecule has 1 aromatic rings. The number of Topliss-reactive ketones (excluding diaryl/α,β-unsaturated/α-hetero) is 1. The van der Waals surface area contributed by atoms with E-state index in [9.17, 15) is 9.59 Å².